The van der Waals surface area contributed by atoms with Crippen LogP contribution in [-0.4, -0.2) is 15.7 Å². The summed E-state index contributed by atoms with van der Waals surface area (Å²) in [4.78, 5) is 0. The molecule has 0 N–H and O–H groups in total. The van der Waals surface area contributed by atoms with E-state index in [0.717, 1.165) is 0 Å². The third-order valence-corrected chi connectivity index (χ3v) is 1.86. The van der Waals surface area contributed by atoms with Gasteiger partial charge in [0.25, 0.3) is 0 Å². The summed E-state index contributed by atoms with van der Waals surface area (Å²) < 4.78 is 0. The number of aryl methyl sites for hydroxylation is 1. The minimum atomic E-state index is 0.603. The first-order valence-corrected chi connectivity index (χ1v) is 3.76. The molecule has 0 aromatic heterocycles. The predicted molar refractivity (Wildman–Crippen MR) is 50.1 cm³/mol. The lowest BCUT2D eigenvalue weighted by Gasteiger charge is -2.04. The largest absolute Gasteiger partial charge is 0.0716 e. The number of benzene rings is 1. The molecule has 0 nitrogen and oxygen atoms in total. The molecule has 52 valence electrons. The molecule has 1 aromatic carbocycles. The highest BCUT2D eigenvalue weighted by atomic mass is 14.0. The van der Waals surface area contributed by atoms with Gasteiger partial charge in [0, 0.05) is 0 Å². The average Bonchev–Trinajstić information content (AvgIpc) is 2.04. The number of hydrogen-bond acceptors (Lipinski definition) is 0. The van der Waals surface area contributed by atoms with Gasteiger partial charge in [0.05, 0.1) is 15.7 Å². The van der Waals surface area contributed by atoms with Gasteiger partial charge >= 0.3 is 0 Å². The van der Waals surface area contributed by atoms with Crippen LogP contribution in [0.4, 0.5) is 0 Å². The first-order valence-electron chi connectivity index (χ1n) is 3.76. The molecule has 0 fully saturated rings. The van der Waals surface area contributed by atoms with Crippen LogP contribution in [0.25, 0.3) is 0 Å². The Hall–Kier alpha value is -0.650. The van der Waals surface area contributed by atoms with Gasteiger partial charge in [-0.1, -0.05) is 42.0 Å². The van der Waals surface area contributed by atoms with E-state index in [4.69, 9.17) is 15.7 Å². The van der Waals surface area contributed by atoms with Crippen molar-refractivity contribution in [2.45, 2.75) is 19.6 Å². The van der Waals surface area contributed by atoms with Gasteiger partial charge < -0.3 is 0 Å². The van der Waals surface area contributed by atoms with E-state index in [2.05, 4.69) is 13.0 Å². The fraction of sp³-hybridized carbons (Fsp3) is 0.333. The Morgan fingerprint density at radius 2 is 1.91 bits per heavy atom. The molecule has 0 heterocycles. The minimum Gasteiger partial charge on any atom is -0.0643 e. The maximum atomic E-state index is 5.51. The smallest absolute Gasteiger partial charge is 0.0643 e. The van der Waals surface area contributed by atoms with Gasteiger partial charge in [-0.2, -0.15) is 0 Å². The van der Waals surface area contributed by atoms with Crippen LogP contribution in [0.15, 0.2) is 18.2 Å². The SMILES string of the molecule is [B]Cc1ccc(C[B])c(C)c1. The maximum absolute atomic E-state index is 5.51. The molecule has 0 aliphatic heterocycles. The Kier molecular flexibility index (Phi) is 2.81. The zero-order valence-corrected chi connectivity index (χ0v) is 6.80. The third-order valence-electron chi connectivity index (χ3n) is 1.86. The predicted octanol–water partition coefficient (Wildman–Crippen LogP) is 1.33. The van der Waals surface area contributed by atoms with E-state index in [0.29, 0.717) is 12.6 Å². The molecule has 1 rings (SSSR count). The van der Waals surface area contributed by atoms with E-state index >= 15 is 0 Å². The van der Waals surface area contributed by atoms with Crippen molar-refractivity contribution in [3.8, 4) is 0 Å². The molecule has 1 aromatic rings. The van der Waals surface area contributed by atoms with Crippen molar-refractivity contribution in [1.82, 2.24) is 0 Å². The van der Waals surface area contributed by atoms with Crippen molar-refractivity contribution in [1.29, 1.82) is 0 Å². The van der Waals surface area contributed by atoms with Crippen LogP contribution in [-0.2, 0) is 12.6 Å². The Morgan fingerprint density at radius 3 is 2.36 bits per heavy atom. The molecule has 0 aliphatic carbocycles. The number of rotatable bonds is 2. The zero-order chi connectivity index (χ0) is 8.27. The summed E-state index contributed by atoms with van der Waals surface area (Å²) in [6, 6.07) is 6.15. The van der Waals surface area contributed by atoms with Crippen LogP contribution in [0.2, 0.25) is 0 Å². The van der Waals surface area contributed by atoms with Gasteiger partial charge in [-0.05, 0) is 12.5 Å². The molecule has 0 saturated carbocycles. The van der Waals surface area contributed by atoms with Gasteiger partial charge in [-0.15, -0.1) is 0 Å². The minimum absolute atomic E-state index is 0.603. The van der Waals surface area contributed by atoms with Crippen molar-refractivity contribution in [3.05, 3.63) is 34.9 Å². The molecule has 0 unspecified atom stereocenters. The van der Waals surface area contributed by atoms with Gasteiger partial charge in [-0.25, -0.2) is 0 Å². The van der Waals surface area contributed by atoms with Crippen LogP contribution < -0.4 is 0 Å². The van der Waals surface area contributed by atoms with Crippen molar-refractivity contribution < 1.29 is 0 Å². The van der Waals surface area contributed by atoms with E-state index in [1.165, 1.54) is 16.7 Å². The van der Waals surface area contributed by atoms with Crippen LogP contribution in [0.1, 0.15) is 16.7 Å². The Bertz CT molecular complexity index is 243. The van der Waals surface area contributed by atoms with Crippen molar-refractivity contribution in [2.24, 2.45) is 0 Å². The summed E-state index contributed by atoms with van der Waals surface area (Å²) in [7, 11) is 11.0. The summed E-state index contributed by atoms with van der Waals surface area (Å²) in [5.41, 5.74) is 3.59. The van der Waals surface area contributed by atoms with Crippen LogP contribution >= 0.6 is 0 Å². The normalized spacial score (nSPS) is 9.91. The first-order chi connectivity index (χ1) is 5.27. The molecule has 0 spiro atoms. The highest BCUT2D eigenvalue weighted by molar-refractivity contribution is 6.09. The quantitative estimate of drug-likeness (QED) is 0.543. The first kappa shape index (κ1) is 8.45. The lowest BCUT2D eigenvalue weighted by Crippen LogP contribution is -1.91. The molecule has 4 radical (unpaired) electrons. The highest BCUT2D eigenvalue weighted by Crippen LogP contribution is 2.10. The number of hydrogen-bond donors (Lipinski definition) is 0. The summed E-state index contributed by atoms with van der Waals surface area (Å²) >= 11 is 0. The van der Waals surface area contributed by atoms with Gasteiger partial charge in [0.15, 0.2) is 0 Å². The fourth-order valence-corrected chi connectivity index (χ4v) is 1.11. The monoisotopic (exact) mass is 140 g/mol. The molecular formula is C9H10B2. The average molecular weight is 140 g/mol. The summed E-state index contributed by atoms with van der Waals surface area (Å²) in [6.07, 6.45) is 1.21. The van der Waals surface area contributed by atoms with Gasteiger partial charge in [0.1, 0.15) is 0 Å². The molecule has 0 atom stereocenters. The molecular weight excluding hydrogens is 130 g/mol. The highest BCUT2D eigenvalue weighted by Gasteiger charge is 1.95. The van der Waals surface area contributed by atoms with E-state index in [1.807, 2.05) is 12.1 Å². The lowest BCUT2D eigenvalue weighted by atomic mass is 9.89. The van der Waals surface area contributed by atoms with Crippen molar-refractivity contribution in [3.63, 3.8) is 0 Å². The Balaban J connectivity index is 2.99. The Labute approximate surface area is 70.8 Å². The van der Waals surface area contributed by atoms with Crippen molar-refractivity contribution in [2.75, 3.05) is 0 Å². The lowest BCUT2D eigenvalue weighted by molar-refractivity contribution is 1.25. The summed E-state index contributed by atoms with van der Waals surface area (Å²) in [6.45, 7) is 2.06. The molecule has 0 amide bonds. The van der Waals surface area contributed by atoms with E-state index in [1.54, 1.807) is 0 Å². The molecule has 0 saturated heterocycles. The summed E-state index contributed by atoms with van der Waals surface area (Å²) in [5, 5.41) is 0. The van der Waals surface area contributed by atoms with Crippen LogP contribution in [0.5, 0.6) is 0 Å². The summed E-state index contributed by atoms with van der Waals surface area (Å²) in [5.74, 6) is 0. The Morgan fingerprint density at radius 1 is 1.18 bits per heavy atom. The topological polar surface area (TPSA) is 0 Å². The molecule has 0 aliphatic rings. The van der Waals surface area contributed by atoms with Gasteiger partial charge in [0.2, 0.25) is 0 Å². The van der Waals surface area contributed by atoms with E-state index < -0.39 is 0 Å². The standard InChI is InChI=1S/C9H10B2/c1-7-4-8(5-10)2-3-9(7)6-11/h2-4H,5-6H2,1H3. The second-order valence-electron chi connectivity index (χ2n) is 2.67. The molecule has 0 bridgehead atoms. The fourth-order valence-electron chi connectivity index (χ4n) is 1.11. The van der Waals surface area contributed by atoms with Crippen LogP contribution in [0.3, 0.4) is 0 Å². The van der Waals surface area contributed by atoms with E-state index in [9.17, 15) is 0 Å². The molecule has 11 heavy (non-hydrogen) atoms. The molecule has 2 heteroatoms. The zero-order valence-electron chi connectivity index (χ0n) is 6.80. The van der Waals surface area contributed by atoms with Gasteiger partial charge in [-0.3, -0.25) is 0 Å². The second kappa shape index (κ2) is 3.66. The maximum Gasteiger partial charge on any atom is 0.0716 e. The van der Waals surface area contributed by atoms with E-state index in [-0.39, 0.29) is 0 Å². The van der Waals surface area contributed by atoms with Crippen molar-refractivity contribution >= 4 is 15.7 Å². The third kappa shape index (κ3) is 1.89. The van der Waals surface area contributed by atoms with Crippen LogP contribution in [0, 0.1) is 6.92 Å². The second-order valence-corrected chi connectivity index (χ2v) is 2.67.